The summed E-state index contributed by atoms with van der Waals surface area (Å²) in [5.41, 5.74) is 4.96. The Kier molecular flexibility index (Phi) is 4.45. The molecule has 0 saturated heterocycles. The lowest BCUT2D eigenvalue weighted by molar-refractivity contribution is 0.518. The highest BCUT2D eigenvalue weighted by Gasteiger charge is 2.16. The summed E-state index contributed by atoms with van der Waals surface area (Å²) >= 11 is 1.83. The second-order valence-electron chi connectivity index (χ2n) is 5.83. The van der Waals surface area contributed by atoms with Crippen LogP contribution in [0.4, 0.5) is 5.82 Å². The molecule has 0 bridgehead atoms. The van der Waals surface area contributed by atoms with Crippen LogP contribution in [0.5, 0.6) is 0 Å². The van der Waals surface area contributed by atoms with Gasteiger partial charge in [0, 0.05) is 33.4 Å². The molecular formula is C17H24N4S. The first-order valence-electron chi connectivity index (χ1n) is 7.80. The molecule has 0 aliphatic carbocycles. The molecule has 4 nitrogen and oxygen atoms in total. The number of aromatic nitrogens is 2. The van der Waals surface area contributed by atoms with Gasteiger partial charge in [-0.3, -0.25) is 4.40 Å². The third-order valence-electron chi connectivity index (χ3n) is 4.22. The van der Waals surface area contributed by atoms with E-state index < -0.39 is 0 Å². The maximum atomic E-state index is 4.75. The Hall–Kier alpha value is -1.46. The molecule has 3 rings (SSSR count). The zero-order chi connectivity index (χ0) is 15.7. The van der Waals surface area contributed by atoms with Gasteiger partial charge in [-0.2, -0.15) is 0 Å². The molecule has 0 fully saturated rings. The van der Waals surface area contributed by atoms with Gasteiger partial charge in [-0.25, -0.2) is 9.29 Å². The van der Waals surface area contributed by atoms with Gasteiger partial charge in [-0.15, -0.1) is 0 Å². The van der Waals surface area contributed by atoms with Crippen molar-refractivity contribution in [3.8, 4) is 0 Å². The van der Waals surface area contributed by atoms with Crippen molar-refractivity contribution in [3.05, 3.63) is 35.7 Å². The number of pyridine rings is 1. The number of hydrogen-bond donors (Lipinski definition) is 0. The molecule has 0 unspecified atom stereocenters. The van der Waals surface area contributed by atoms with E-state index in [1.165, 1.54) is 17.0 Å². The molecule has 118 valence electrons. The second-order valence-corrected chi connectivity index (χ2v) is 6.71. The van der Waals surface area contributed by atoms with Gasteiger partial charge in [0.2, 0.25) is 0 Å². The number of fused-ring (bicyclic) bond motifs is 1. The molecule has 1 aliphatic heterocycles. The predicted octanol–water partition coefficient (Wildman–Crippen LogP) is 3.33. The number of rotatable bonds is 4. The fraction of sp³-hybridized carbons (Fsp3) is 0.471. The third-order valence-corrected chi connectivity index (χ3v) is 5.07. The molecule has 1 aliphatic rings. The second kappa shape index (κ2) is 6.34. The fourth-order valence-electron chi connectivity index (χ4n) is 3.06. The van der Waals surface area contributed by atoms with E-state index in [4.69, 9.17) is 4.98 Å². The quantitative estimate of drug-likeness (QED) is 0.807. The highest BCUT2D eigenvalue weighted by molar-refractivity contribution is 7.96. The summed E-state index contributed by atoms with van der Waals surface area (Å²) in [6.07, 6.45) is 8.81. The number of anilines is 1. The minimum absolute atomic E-state index is 0.954. The Morgan fingerprint density at radius 3 is 2.73 bits per heavy atom. The summed E-state index contributed by atoms with van der Waals surface area (Å²) in [7, 11) is 4.18. The van der Waals surface area contributed by atoms with Gasteiger partial charge in [0.25, 0.3) is 0 Å². The molecule has 0 atom stereocenters. The normalized spacial score (nSPS) is 16.1. The molecule has 0 N–H and O–H groups in total. The predicted molar refractivity (Wildman–Crippen MR) is 96.6 cm³/mol. The van der Waals surface area contributed by atoms with E-state index >= 15 is 0 Å². The first-order chi connectivity index (χ1) is 10.6. The number of nitrogens with zero attached hydrogens (tertiary/aromatic N) is 4. The van der Waals surface area contributed by atoms with Crippen molar-refractivity contribution in [3.63, 3.8) is 0 Å². The topological polar surface area (TPSA) is 23.8 Å². The average molecular weight is 316 g/mol. The lowest BCUT2D eigenvalue weighted by Crippen LogP contribution is -2.21. The van der Waals surface area contributed by atoms with Crippen molar-refractivity contribution in [1.82, 2.24) is 13.7 Å². The van der Waals surface area contributed by atoms with Gasteiger partial charge >= 0.3 is 0 Å². The summed E-state index contributed by atoms with van der Waals surface area (Å²) in [5, 5.41) is 0. The van der Waals surface area contributed by atoms with Crippen LogP contribution < -0.4 is 4.90 Å². The minimum Gasteiger partial charge on any atom is -0.362 e. The SMILES string of the molecule is CCc1nc2ccc(C3=CCN(SC)CC3)cn2c1N(C)C. The van der Waals surface area contributed by atoms with Crippen LogP contribution in [-0.4, -0.2) is 47.1 Å². The molecule has 0 aromatic carbocycles. The highest BCUT2D eigenvalue weighted by Crippen LogP contribution is 2.28. The van der Waals surface area contributed by atoms with Crippen molar-refractivity contribution in [2.75, 3.05) is 38.3 Å². The van der Waals surface area contributed by atoms with E-state index in [9.17, 15) is 0 Å². The molecule has 0 amide bonds. The van der Waals surface area contributed by atoms with Crippen molar-refractivity contribution < 1.29 is 0 Å². The van der Waals surface area contributed by atoms with E-state index in [-0.39, 0.29) is 0 Å². The minimum atomic E-state index is 0.954. The van der Waals surface area contributed by atoms with E-state index in [1.807, 2.05) is 11.9 Å². The number of aryl methyl sites for hydroxylation is 1. The first kappa shape index (κ1) is 15.4. The van der Waals surface area contributed by atoms with E-state index in [0.29, 0.717) is 0 Å². The fourth-order valence-corrected chi connectivity index (χ4v) is 3.56. The van der Waals surface area contributed by atoms with Crippen LogP contribution in [0.15, 0.2) is 24.4 Å². The van der Waals surface area contributed by atoms with E-state index in [0.717, 1.165) is 37.3 Å². The molecule has 2 aromatic heterocycles. The monoisotopic (exact) mass is 316 g/mol. The van der Waals surface area contributed by atoms with Gasteiger partial charge in [-0.05, 0) is 42.4 Å². The molecule has 2 aromatic rings. The summed E-state index contributed by atoms with van der Waals surface area (Å²) in [6, 6.07) is 4.35. The molecule has 22 heavy (non-hydrogen) atoms. The Bertz CT molecular complexity index is 702. The van der Waals surface area contributed by atoms with Gasteiger partial charge in [0.1, 0.15) is 11.5 Å². The Morgan fingerprint density at radius 1 is 1.32 bits per heavy atom. The van der Waals surface area contributed by atoms with Crippen LogP contribution in [0.1, 0.15) is 24.6 Å². The molecule has 0 radical (unpaired) electrons. The molecule has 0 saturated carbocycles. The standard InChI is InChI=1S/C17H24N4S/c1-5-15-17(19(2)3)21-12-14(6-7-16(21)18-15)13-8-10-20(22-4)11-9-13/h6-8,12H,5,9-11H2,1-4H3. The Morgan fingerprint density at radius 2 is 2.14 bits per heavy atom. The average Bonchev–Trinajstić information content (AvgIpc) is 2.92. The highest BCUT2D eigenvalue weighted by atomic mass is 32.2. The largest absolute Gasteiger partial charge is 0.362 e. The first-order valence-corrected chi connectivity index (χ1v) is 8.99. The third kappa shape index (κ3) is 2.75. The number of hydrogen-bond acceptors (Lipinski definition) is 4. The Balaban J connectivity index is 2.02. The Labute approximate surface area is 137 Å². The maximum Gasteiger partial charge on any atom is 0.138 e. The van der Waals surface area contributed by atoms with Gasteiger partial charge < -0.3 is 4.90 Å². The van der Waals surface area contributed by atoms with Crippen LogP contribution in [0, 0.1) is 0 Å². The summed E-state index contributed by atoms with van der Waals surface area (Å²) in [6.45, 7) is 4.31. The van der Waals surface area contributed by atoms with Gasteiger partial charge in [0.15, 0.2) is 0 Å². The van der Waals surface area contributed by atoms with E-state index in [2.05, 4.69) is 65.3 Å². The zero-order valence-corrected chi connectivity index (χ0v) is 14.7. The zero-order valence-electron chi connectivity index (χ0n) is 13.8. The van der Waals surface area contributed by atoms with Crippen LogP contribution in [0.2, 0.25) is 0 Å². The molecular weight excluding hydrogens is 292 g/mol. The smallest absolute Gasteiger partial charge is 0.138 e. The van der Waals surface area contributed by atoms with Gasteiger partial charge in [-0.1, -0.05) is 24.9 Å². The summed E-state index contributed by atoms with van der Waals surface area (Å²) in [4.78, 5) is 6.91. The molecule has 3 heterocycles. The van der Waals surface area contributed by atoms with Crippen LogP contribution in [-0.2, 0) is 6.42 Å². The van der Waals surface area contributed by atoms with Gasteiger partial charge in [0.05, 0.1) is 5.69 Å². The molecule has 5 heteroatoms. The van der Waals surface area contributed by atoms with Crippen LogP contribution in [0.25, 0.3) is 11.2 Å². The lowest BCUT2D eigenvalue weighted by atomic mass is 10.0. The van der Waals surface area contributed by atoms with Crippen molar-refractivity contribution >= 4 is 29.0 Å². The van der Waals surface area contributed by atoms with Crippen molar-refractivity contribution in [2.45, 2.75) is 19.8 Å². The van der Waals surface area contributed by atoms with Crippen molar-refractivity contribution in [2.24, 2.45) is 0 Å². The van der Waals surface area contributed by atoms with Crippen molar-refractivity contribution in [1.29, 1.82) is 0 Å². The summed E-state index contributed by atoms with van der Waals surface area (Å²) in [5.74, 6) is 1.20. The van der Waals surface area contributed by atoms with Crippen LogP contribution in [0.3, 0.4) is 0 Å². The lowest BCUT2D eigenvalue weighted by Gasteiger charge is -2.24. The maximum absolute atomic E-state index is 4.75. The van der Waals surface area contributed by atoms with Crippen LogP contribution >= 0.6 is 11.9 Å². The van der Waals surface area contributed by atoms with E-state index in [1.54, 1.807) is 0 Å². The summed E-state index contributed by atoms with van der Waals surface area (Å²) < 4.78 is 4.62. The number of imidazole rings is 1. The molecule has 0 spiro atoms.